The van der Waals surface area contributed by atoms with Gasteiger partial charge in [0.2, 0.25) is 5.91 Å². The summed E-state index contributed by atoms with van der Waals surface area (Å²) in [6.07, 6.45) is 7.56. The lowest BCUT2D eigenvalue weighted by molar-refractivity contribution is -0.130. The first kappa shape index (κ1) is 19.2. The van der Waals surface area contributed by atoms with E-state index in [1.54, 1.807) is 7.05 Å². The van der Waals surface area contributed by atoms with E-state index in [1.165, 1.54) is 43.4 Å². The first-order valence-electron chi connectivity index (χ1n) is 10.8. The van der Waals surface area contributed by atoms with Gasteiger partial charge >= 0.3 is 0 Å². The normalized spacial score (nSPS) is 23.7. The van der Waals surface area contributed by atoms with E-state index in [9.17, 15) is 4.79 Å². The van der Waals surface area contributed by atoms with E-state index in [2.05, 4.69) is 38.7 Å². The van der Waals surface area contributed by atoms with Crippen LogP contribution in [0.1, 0.15) is 43.2 Å². The zero-order valence-corrected chi connectivity index (χ0v) is 17.0. The maximum absolute atomic E-state index is 12.7. The van der Waals surface area contributed by atoms with Gasteiger partial charge in [-0.25, -0.2) is 0 Å². The molecule has 3 aliphatic rings. The highest BCUT2D eigenvalue weighted by Crippen LogP contribution is 2.26. The summed E-state index contributed by atoms with van der Waals surface area (Å²) in [5, 5.41) is 6.75. The molecule has 0 spiro atoms. The van der Waals surface area contributed by atoms with Gasteiger partial charge in [0.15, 0.2) is 5.96 Å². The number of nitrogens with zero attached hydrogens (tertiary/aromatic N) is 3. The molecule has 6 heteroatoms. The van der Waals surface area contributed by atoms with Crippen LogP contribution in [0.3, 0.4) is 0 Å². The molecule has 6 nitrogen and oxygen atoms in total. The fraction of sp³-hybridized carbons (Fsp3) is 0.636. The summed E-state index contributed by atoms with van der Waals surface area (Å²) in [5.41, 5.74) is 2.63. The Morgan fingerprint density at radius 2 is 1.93 bits per heavy atom. The number of hydrogen-bond donors (Lipinski definition) is 2. The molecule has 152 valence electrons. The summed E-state index contributed by atoms with van der Waals surface area (Å²) >= 11 is 0. The predicted molar refractivity (Wildman–Crippen MR) is 112 cm³/mol. The van der Waals surface area contributed by atoms with Gasteiger partial charge in [0.05, 0.1) is 6.54 Å². The van der Waals surface area contributed by atoms with Crippen LogP contribution in [0.15, 0.2) is 29.3 Å². The van der Waals surface area contributed by atoms with Crippen molar-refractivity contribution >= 4 is 11.9 Å². The molecule has 2 aliphatic heterocycles. The summed E-state index contributed by atoms with van der Waals surface area (Å²) in [6.45, 7) is 4.05. The summed E-state index contributed by atoms with van der Waals surface area (Å²) in [5.74, 6) is 0.875. The average Bonchev–Trinajstić information content (AvgIpc) is 3.42. The molecule has 1 saturated carbocycles. The quantitative estimate of drug-likeness (QED) is 0.614. The highest BCUT2D eigenvalue weighted by Gasteiger charge is 2.30. The smallest absolute Gasteiger partial charge is 0.242 e. The van der Waals surface area contributed by atoms with Gasteiger partial charge < -0.3 is 15.5 Å². The number of amides is 1. The second-order valence-electron chi connectivity index (χ2n) is 8.32. The number of nitrogens with one attached hydrogen (secondary N) is 2. The molecule has 1 amide bonds. The van der Waals surface area contributed by atoms with Crippen LogP contribution in [0.5, 0.6) is 0 Å². The van der Waals surface area contributed by atoms with Gasteiger partial charge in [0, 0.05) is 45.3 Å². The zero-order valence-electron chi connectivity index (χ0n) is 17.0. The van der Waals surface area contributed by atoms with Crippen molar-refractivity contribution in [2.45, 2.75) is 57.2 Å². The number of carbonyl (C=O) groups excluding carboxylic acids is 1. The van der Waals surface area contributed by atoms with Crippen LogP contribution in [0.4, 0.5) is 0 Å². The van der Waals surface area contributed by atoms with Crippen LogP contribution in [-0.4, -0.2) is 67.0 Å². The van der Waals surface area contributed by atoms with Crippen LogP contribution < -0.4 is 10.6 Å². The molecule has 0 aromatic heterocycles. The Morgan fingerprint density at radius 1 is 1.14 bits per heavy atom. The van der Waals surface area contributed by atoms with Gasteiger partial charge in [-0.15, -0.1) is 0 Å². The predicted octanol–water partition coefficient (Wildman–Crippen LogP) is 1.75. The van der Waals surface area contributed by atoms with Crippen LogP contribution >= 0.6 is 0 Å². The zero-order chi connectivity index (χ0) is 19.3. The maximum atomic E-state index is 12.7. The Hall–Kier alpha value is -2.08. The molecule has 1 aromatic carbocycles. The second kappa shape index (κ2) is 8.95. The van der Waals surface area contributed by atoms with Crippen molar-refractivity contribution in [3.05, 3.63) is 35.4 Å². The number of guanidine groups is 1. The summed E-state index contributed by atoms with van der Waals surface area (Å²) in [4.78, 5) is 21.6. The van der Waals surface area contributed by atoms with Crippen LogP contribution in [0.2, 0.25) is 0 Å². The third-order valence-electron chi connectivity index (χ3n) is 6.52. The van der Waals surface area contributed by atoms with Gasteiger partial charge in [-0.3, -0.25) is 14.7 Å². The molecule has 1 saturated heterocycles. The summed E-state index contributed by atoms with van der Waals surface area (Å²) < 4.78 is 0. The van der Waals surface area contributed by atoms with E-state index in [1.807, 2.05) is 11.0 Å². The van der Waals surface area contributed by atoms with Crippen LogP contribution in [0, 0.1) is 0 Å². The maximum Gasteiger partial charge on any atom is 0.242 e. The van der Waals surface area contributed by atoms with E-state index in [0.29, 0.717) is 19.1 Å². The van der Waals surface area contributed by atoms with Gasteiger partial charge in [-0.2, -0.15) is 0 Å². The third kappa shape index (κ3) is 4.49. The highest BCUT2D eigenvalue weighted by atomic mass is 16.2. The van der Waals surface area contributed by atoms with E-state index >= 15 is 0 Å². The number of likely N-dealkylation sites (tertiary alicyclic amines) is 1. The van der Waals surface area contributed by atoms with Crippen molar-refractivity contribution in [1.29, 1.82) is 0 Å². The molecule has 1 unspecified atom stereocenters. The SMILES string of the molecule is CN=C(NCC(=O)N1CCc2ccccc2C1)NC1CCN(C2CCCC2)C1. The molecular formula is C22H33N5O. The molecule has 1 atom stereocenters. The Labute approximate surface area is 168 Å². The van der Waals surface area contributed by atoms with Crippen molar-refractivity contribution in [2.75, 3.05) is 33.2 Å². The average molecular weight is 384 g/mol. The molecule has 1 aliphatic carbocycles. The molecule has 28 heavy (non-hydrogen) atoms. The number of fused-ring (bicyclic) bond motifs is 1. The van der Waals surface area contributed by atoms with Crippen LogP contribution in [0.25, 0.3) is 0 Å². The molecular weight excluding hydrogens is 350 g/mol. The van der Waals surface area contributed by atoms with Crippen molar-refractivity contribution in [3.63, 3.8) is 0 Å². The standard InChI is InChI=1S/C22H33N5O/c1-23-22(25-19-11-13-26(16-19)20-8-4-5-9-20)24-14-21(28)27-12-10-17-6-2-3-7-18(17)15-27/h2-3,6-7,19-20H,4-5,8-16H2,1H3,(H2,23,24,25). The lowest BCUT2D eigenvalue weighted by Crippen LogP contribution is -2.49. The molecule has 2 fully saturated rings. The minimum absolute atomic E-state index is 0.136. The lowest BCUT2D eigenvalue weighted by atomic mass is 10.00. The van der Waals surface area contributed by atoms with E-state index in [-0.39, 0.29) is 5.91 Å². The van der Waals surface area contributed by atoms with Gasteiger partial charge in [0.25, 0.3) is 0 Å². The fourth-order valence-corrected chi connectivity index (χ4v) is 4.87. The number of rotatable bonds is 4. The Balaban J connectivity index is 1.23. The second-order valence-corrected chi connectivity index (χ2v) is 8.32. The minimum atomic E-state index is 0.136. The first-order chi connectivity index (χ1) is 13.7. The summed E-state index contributed by atoms with van der Waals surface area (Å²) in [6, 6.07) is 9.61. The van der Waals surface area contributed by atoms with E-state index < -0.39 is 0 Å². The summed E-state index contributed by atoms with van der Waals surface area (Å²) in [7, 11) is 1.78. The Bertz CT molecular complexity index is 713. The number of aliphatic imine (C=N–C) groups is 1. The van der Waals surface area contributed by atoms with Crippen molar-refractivity contribution in [3.8, 4) is 0 Å². The lowest BCUT2D eigenvalue weighted by Gasteiger charge is -2.29. The molecule has 2 N–H and O–H groups in total. The van der Waals surface area contributed by atoms with E-state index in [4.69, 9.17) is 0 Å². The van der Waals surface area contributed by atoms with Gasteiger partial charge in [-0.05, 0) is 36.8 Å². The highest BCUT2D eigenvalue weighted by molar-refractivity contribution is 5.86. The third-order valence-corrected chi connectivity index (χ3v) is 6.52. The Morgan fingerprint density at radius 3 is 2.71 bits per heavy atom. The molecule has 1 aromatic rings. The van der Waals surface area contributed by atoms with Crippen molar-refractivity contribution in [2.24, 2.45) is 4.99 Å². The number of carbonyl (C=O) groups is 1. The van der Waals surface area contributed by atoms with Gasteiger partial charge in [0.1, 0.15) is 0 Å². The number of hydrogen-bond acceptors (Lipinski definition) is 3. The molecule has 2 heterocycles. The fourth-order valence-electron chi connectivity index (χ4n) is 4.87. The Kier molecular flexibility index (Phi) is 6.15. The molecule has 0 radical (unpaired) electrons. The number of benzene rings is 1. The van der Waals surface area contributed by atoms with Crippen LogP contribution in [-0.2, 0) is 17.8 Å². The first-order valence-corrected chi connectivity index (χ1v) is 10.8. The molecule has 4 rings (SSSR count). The molecule has 0 bridgehead atoms. The van der Waals surface area contributed by atoms with E-state index in [0.717, 1.165) is 37.9 Å². The van der Waals surface area contributed by atoms with Crippen molar-refractivity contribution < 1.29 is 4.79 Å². The van der Waals surface area contributed by atoms with Gasteiger partial charge in [-0.1, -0.05) is 37.1 Å². The topological polar surface area (TPSA) is 60.0 Å². The monoisotopic (exact) mass is 383 g/mol. The largest absolute Gasteiger partial charge is 0.352 e. The van der Waals surface area contributed by atoms with Crippen molar-refractivity contribution in [1.82, 2.24) is 20.4 Å². The minimum Gasteiger partial charge on any atom is -0.352 e.